The van der Waals surface area contributed by atoms with Gasteiger partial charge in [0.15, 0.2) is 10.1 Å². The molecular weight excluding hydrogens is 576 g/mol. The molecule has 42 heavy (non-hydrogen) atoms. The summed E-state index contributed by atoms with van der Waals surface area (Å²) in [5.74, 6) is -0.627. The van der Waals surface area contributed by atoms with Crippen LogP contribution < -0.4 is 20.7 Å². The van der Waals surface area contributed by atoms with Gasteiger partial charge in [-0.25, -0.2) is 4.79 Å². The van der Waals surface area contributed by atoms with Crippen LogP contribution in [0.1, 0.15) is 41.1 Å². The molecule has 0 spiro atoms. The number of carbonyl (C=O) groups is 3. The van der Waals surface area contributed by atoms with Crippen LogP contribution in [0.15, 0.2) is 75.5 Å². The van der Waals surface area contributed by atoms with Gasteiger partial charge >= 0.3 is 5.97 Å². The molecule has 2 aromatic carbocycles. The quantitative estimate of drug-likeness (QED) is 0.278. The van der Waals surface area contributed by atoms with Gasteiger partial charge in [0.25, 0.3) is 0 Å². The highest BCUT2D eigenvalue weighted by molar-refractivity contribution is 8.01. The van der Waals surface area contributed by atoms with E-state index < -0.39 is 11.9 Å². The Balaban J connectivity index is 1.38. The van der Waals surface area contributed by atoms with Crippen molar-refractivity contribution in [2.45, 2.75) is 29.5 Å². The molecule has 1 aliphatic carbocycles. The Kier molecular flexibility index (Phi) is 8.56. The maximum absolute atomic E-state index is 13.4. The topological polar surface area (TPSA) is 161 Å². The van der Waals surface area contributed by atoms with Crippen LogP contribution in [-0.2, 0) is 14.3 Å². The van der Waals surface area contributed by atoms with Gasteiger partial charge in [0.1, 0.15) is 11.6 Å². The highest BCUT2D eigenvalue weighted by Crippen LogP contribution is 2.48. The van der Waals surface area contributed by atoms with Gasteiger partial charge in [0, 0.05) is 28.9 Å². The Morgan fingerprint density at radius 1 is 1.17 bits per heavy atom. The van der Waals surface area contributed by atoms with Crippen molar-refractivity contribution in [1.82, 2.24) is 10.2 Å². The lowest BCUT2D eigenvalue weighted by Crippen LogP contribution is -2.38. The monoisotopic (exact) mass is 602 g/mol. The molecular formula is C29H26N6O5S2. The first-order valence-corrected chi connectivity index (χ1v) is 14.7. The molecule has 13 heteroatoms. The average molecular weight is 603 g/mol. The van der Waals surface area contributed by atoms with Crippen molar-refractivity contribution in [1.29, 1.82) is 5.26 Å². The van der Waals surface area contributed by atoms with Gasteiger partial charge in [-0.2, -0.15) is 5.26 Å². The molecule has 0 saturated heterocycles. The number of allylic oxidation sites excluding steroid dienone is 3. The lowest BCUT2D eigenvalue weighted by Gasteiger charge is -2.38. The molecule has 1 aromatic heterocycles. The van der Waals surface area contributed by atoms with Crippen LogP contribution in [0, 0.1) is 11.3 Å². The van der Waals surface area contributed by atoms with Crippen LogP contribution in [0.3, 0.4) is 0 Å². The molecule has 2 aliphatic rings. The predicted molar refractivity (Wildman–Crippen MR) is 158 cm³/mol. The summed E-state index contributed by atoms with van der Waals surface area (Å²) in [4.78, 5) is 39.2. The largest absolute Gasteiger partial charge is 0.496 e. The van der Waals surface area contributed by atoms with Crippen LogP contribution in [0.4, 0.5) is 10.8 Å². The smallest absolute Gasteiger partial charge is 0.337 e. The maximum Gasteiger partial charge on any atom is 0.337 e. The third-order valence-corrected chi connectivity index (χ3v) is 8.91. The number of Topliss-reactive ketones (excluding diaryl/α,β-unsaturated/α-hetero) is 1. The Labute approximate surface area is 250 Å². The average Bonchev–Trinajstić information content (AvgIpc) is 3.48. The fourth-order valence-electron chi connectivity index (χ4n) is 5.00. The highest BCUT2D eigenvalue weighted by Gasteiger charge is 2.42. The fourth-order valence-corrected chi connectivity index (χ4v) is 6.68. The molecule has 1 amide bonds. The number of methoxy groups -OCH3 is 2. The third kappa shape index (κ3) is 5.59. The Morgan fingerprint density at radius 3 is 2.64 bits per heavy atom. The lowest BCUT2D eigenvalue weighted by atomic mass is 9.75. The first-order chi connectivity index (χ1) is 20.4. The minimum atomic E-state index is -0.655. The van der Waals surface area contributed by atoms with Crippen LogP contribution in [0.2, 0.25) is 0 Å². The number of hydrogen-bond acceptors (Lipinski definition) is 12. The number of nitrogens with two attached hydrogens (primary N) is 1. The van der Waals surface area contributed by atoms with Gasteiger partial charge in [-0.1, -0.05) is 41.3 Å². The standard InChI is InChI=1S/C29H26N6O5S2/c1-39-22-9-4-3-6-18(22)24-19(14-30)26(31)35(20-7-5-8-21(36)25(20)24)28-33-34-29(42-28)41-15-23(37)32-17-12-10-16(11-13-17)27(38)40-2/h3-4,6,9-13,24H,5,7-8,15,31H2,1-2H3,(H,32,37). The number of esters is 1. The number of nitrogens with zero attached hydrogens (tertiary/aromatic N) is 4. The number of amides is 1. The maximum atomic E-state index is 13.4. The molecule has 1 unspecified atom stereocenters. The molecule has 1 aliphatic heterocycles. The van der Waals surface area contributed by atoms with Crippen molar-refractivity contribution < 1.29 is 23.9 Å². The van der Waals surface area contributed by atoms with Gasteiger partial charge in [0.05, 0.1) is 43.1 Å². The molecule has 0 bridgehead atoms. The minimum absolute atomic E-state index is 0.0483. The second-order valence-corrected chi connectivity index (χ2v) is 11.5. The van der Waals surface area contributed by atoms with Crippen LogP contribution in [-0.4, -0.2) is 47.8 Å². The number of rotatable bonds is 8. The molecule has 2 heterocycles. The van der Waals surface area contributed by atoms with Gasteiger partial charge in [-0.15, -0.1) is 10.2 Å². The molecule has 1 atom stereocenters. The van der Waals surface area contributed by atoms with Gasteiger partial charge in [-0.3, -0.25) is 14.5 Å². The number of ether oxygens (including phenoxy) is 2. The number of ketones is 1. The molecule has 0 saturated carbocycles. The Bertz CT molecular complexity index is 1660. The summed E-state index contributed by atoms with van der Waals surface area (Å²) >= 11 is 2.41. The van der Waals surface area contributed by atoms with E-state index in [1.807, 2.05) is 18.2 Å². The zero-order chi connectivity index (χ0) is 29.8. The summed E-state index contributed by atoms with van der Waals surface area (Å²) in [6.45, 7) is 0. The van der Waals surface area contributed by atoms with Gasteiger partial charge in [-0.05, 0) is 43.2 Å². The number of benzene rings is 2. The number of nitrogens with one attached hydrogen (secondary N) is 1. The summed E-state index contributed by atoms with van der Waals surface area (Å²) in [6.07, 6.45) is 1.59. The molecule has 3 N–H and O–H groups in total. The molecule has 3 aromatic rings. The zero-order valence-corrected chi connectivity index (χ0v) is 24.4. The highest BCUT2D eigenvalue weighted by atomic mass is 32.2. The second-order valence-electron chi connectivity index (χ2n) is 9.31. The van der Waals surface area contributed by atoms with E-state index >= 15 is 0 Å². The second kappa shape index (κ2) is 12.5. The van der Waals surface area contributed by atoms with E-state index in [2.05, 4.69) is 26.3 Å². The molecule has 11 nitrogen and oxygen atoms in total. The van der Waals surface area contributed by atoms with Crippen LogP contribution in [0.5, 0.6) is 5.75 Å². The first kappa shape index (κ1) is 28.8. The first-order valence-electron chi connectivity index (χ1n) is 12.9. The summed E-state index contributed by atoms with van der Waals surface area (Å²) in [6, 6.07) is 15.9. The summed E-state index contributed by atoms with van der Waals surface area (Å²) in [5, 5.41) is 21.9. The van der Waals surface area contributed by atoms with Crippen LogP contribution in [0.25, 0.3) is 0 Å². The Hall–Kier alpha value is -4.67. The summed E-state index contributed by atoms with van der Waals surface area (Å²) in [5.41, 5.74) is 9.68. The third-order valence-electron chi connectivity index (χ3n) is 6.87. The summed E-state index contributed by atoms with van der Waals surface area (Å²) in [7, 11) is 2.85. The minimum Gasteiger partial charge on any atom is -0.496 e. The number of nitriles is 1. The van der Waals surface area contributed by atoms with E-state index in [9.17, 15) is 19.6 Å². The number of thioether (sulfide) groups is 1. The van der Waals surface area contributed by atoms with Crippen molar-refractivity contribution in [3.05, 3.63) is 82.3 Å². The van der Waals surface area contributed by atoms with Crippen molar-refractivity contribution in [2.24, 2.45) is 5.73 Å². The van der Waals surface area contributed by atoms with E-state index in [1.165, 1.54) is 30.2 Å². The summed E-state index contributed by atoms with van der Waals surface area (Å²) < 4.78 is 10.8. The van der Waals surface area contributed by atoms with Crippen molar-refractivity contribution in [3.63, 3.8) is 0 Å². The molecule has 5 rings (SSSR count). The van der Waals surface area contributed by atoms with Crippen LogP contribution >= 0.6 is 23.1 Å². The SMILES string of the molecule is COC(=O)c1ccc(NC(=O)CSc2nnc(N3C(N)=C(C#N)C(c4ccccc4OC)C4=C3CCCC4=O)s2)cc1. The molecule has 214 valence electrons. The van der Waals surface area contributed by atoms with E-state index in [-0.39, 0.29) is 28.8 Å². The fraction of sp³-hybridized carbons (Fsp3) is 0.241. The van der Waals surface area contributed by atoms with Gasteiger partial charge < -0.3 is 20.5 Å². The number of carbonyl (C=O) groups excluding carboxylic acids is 3. The molecule has 0 radical (unpaired) electrons. The van der Waals surface area contributed by atoms with Crippen molar-refractivity contribution >= 4 is 51.6 Å². The number of para-hydroxylation sites is 1. The van der Waals surface area contributed by atoms with E-state index in [1.54, 1.807) is 42.3 Å². The van der Waals surface area contributed by atoms with E-state index in [4.69, 9.17) is 10.5 Å². The lowest BCUT2D eigenvalue weighted by molar-refractivity contribution is -0.116. The number of anilines is 2. The Morgan fingerprint density at radius 2 is 1.93 bits per heavy atom. The van der Waals surface area contributed by atoms with Gasteiger partial charge in [0.2, 0.25) is 11.0 Å². The molecule has 0 fully saturated rings. The number of hydrogen-bond donors (Lipinski definition) is 2. The number of aromatic nitrogens is 2. The van der Waals surface area contributed by atoms with Crippen molar-refractivity contribution in [3.8, 4) is 11.8 Å². The predicted octanol–water partition coefficient (Wildman–Crippen LogP) is 4.37. The van der Waals surface area contributed by atoms with E-state index in [0.717, 1.165) is 0 Å². The van der Waals surface area contributed by atoms with Crippen molar-refractivity contribution in [2.75, 3.05) is 30.2 Å². The van der Waals surface area contributed by atoms with E-state index in [0.29, 0.717) is 62.6 Å². The zero-order valence-electron chi connectivity index (χ0n) is 22.7. The normalized spacial score (nSPS) is 16.5.